The second-order valence-electron chi connectivity index (χ2n) is 4.03. The van der Waals surface area contributed by atoms with Gasteiger partial charge in [0.1, 0.15) is 0 Å². The van der Waals surface area contributed by atoms with Gasteiger partial charge in [-0.05, 0) is 16.8 Å². The van der Waals surface area contributed by atoms with Gasteiger partial charge in [-0.2, -0.15) is 9.78 Å². The van der Waals surface area contributed by atoms with E-state index < -0.39 is 15.8 Å². The highest BCUT2D eigenvalue weighted by Crippen LogP contribution is 2.13. The molecule has 0 aliphatic heterocycles. The van der Waals surface area contributed by atoms with Crippen LogP contribution in [-0.2, 0) is 6.54 Å². The number of nitrogens with zero attached hydrogens (tertiary/aromatic N) is 6. The SMILES string of the molecule is CCn1nc([N+](=O)[O-])nc1NN=Cc1cccc([N+](=O)[O-])c1. The Balaban J connectivity index is 2.14. The van der Waals surface area contributed by atoms with Crippen LogP contribution in [0.1, 0.15) is 12.5 Å². The number of rotatable bonds is 6. The number of aryl methyl sites for hydroxylation is 1. The molecule has 1 aromatic carbocycles. The number of nitro groups is 2. The van der Waals surface area contributed by atoms with Crippen molar-refractivity contribution >= 4 is 23.8 Å². The van der Waals surface area contributed by atoms with Gasteiger partial charge in [0.2, 0.25) is 0 Å². The molecular formula is C11H11N7O4. The maximum Gasteiger partial charge on any atom is 0.493 e. The first-order valence-corrected chi connectivity index (χ1v) is 6.14. The van der Waals surface area contributed by atoms with Crippen LogP contribution in [0, 0.1) is 20.2 Å². The summed E-state index contributed by atoms with van der Waals surface area (Å²) >= 11 is 0. The first-order chi connectivity index (χ1) is 10.5. The molecule has 0 saturated heterocycles. The molecule has 0 atom stereocenters. The second-order valence-corrected chi connectivity index (χ2v) is 4.03. The lowest BCUT2D eigenvalue weighted by atomic mass is 10.2. The van der Waals surface area contributed by atoms with E-state index >= 15 is 0 Å². The Morgan fingerprint density at radius 2 is 2.14 bits per heavy atom. The van der Waals surface area contributed by atoms with Crippen molar-refractivity contribution in [3.63, 3.8) is 0 Å². The van der Waals surface area contributed by atoms with Crippen LogP contribution in [0.15, 0.2) is 29.4 Å². The van der Waals surface area contributed by atoms with Gasteiger partial charge in [-0.1, -0.05) is 12.1 Å². The quantitative estimate of drug-likeness (QED) is 0.484. The summed E-state index contributed by atoms with van der Waals surface area (Å²) in [6.45, 7) is 2.11. The standard InChI is InChI=1S/C11H11N7O4/c1-2-16-10(13-11(15-16)18(21)22)14-12-7-8-4-3-5-9(6-8)17(19)20/h3-7H,2H2,1H3,(H,13,14,15). The number of hydrogen-bond donors (Lipinski definition) is 1. The third-order valence-electron chi connectivity index (χ3n) is 2.58. The fourth-order valence-electron chi connectivity index (χ4n) is 1.59. The van der Waals surface area contributed by atoms with Crippen LogP contribution in [0.25, 0.3) is 0 Å². The van der Waals surface area contributed by atoms with Crippen LogP contribution >= 0.6 is 0 Å². The van der Waals surface area contributed by atoms with E-state index in [0.717, 1.165) is 0 Å². The lowest BCUT2D eigenvalue weighted by Gasteiger charge is -1.96. The lowest BCUT2D eigenvalue weighted by molar-refractivity contribution is -0.394. The molecule has 0 fully saturated rings. The largest absolute Gasteiger partial charge is 0.493 e. The Morgan fingerprint density at radius 3 is 2.77 bits per heavy atom. The molecule has 114 valence electrons. The van der Waals surface area contributed by atoms with E-state index in [0.29, 0.717) is 12.1 Å². The summed E-state index contributed by atoms with van der Waals surface area (Å²) in [5.74, 6) is -0.425. The van der Waals surface area contributed by atoms with Crippen molar-refractivity contribution in [2.75, 3.05) is 5.43 Å². The molecule has 22 heavy (non-hydrogen) atoms. The van der Waals surface area contributed by atoms with Gasteiger partial charge in [-0.3, -0.25) is 10.1 Å². The number of nitrogens with one attached hydrogen (secondary N) is 1. The minimum atomic E-state index is -0.707. The number of anilines is 1. The second kappa shape index (κ2) is 6.39. The fourth-order valence-corrected chi connectivity index (χ4v) is 1.59. The third kappa shape index (κ3) is 3.39. The van der Waals surface area contributed by atoms with Gasteiger partial charge < -0.3 is 10.1 Å². The van der Waals surface area contributed by atoms with E-state index in [1.807, 2.05) is 0 Å². The molecule has 1 N–H and O–H groups in total. The molecule has 0 aliphatic rings. The predicted octanol–water partition coefficient (Wildman–Crippen LogP) is 1.56. The minimum absolute atomic E-state index is 0.0590. The van der Waals surface area contributed by atoms with E-state index in [2.05, 4.69) is 20.6 Å². The van der Waals surface area contributed by atoms with Crippen LogP contribution in [-0.4, -0.2) is 30.8 Å². The molecule has 0 radical (unpaired) electrons. The van der Waals surface area contributed by atoms with Gasteiger partial charge in [-0.15, -0.1) is 0 Å². The van der Waals surface area contributed by atoms with Crippen molar-refractivity contribution < 1.29 is 9.85 Å². The Kier molecular flexibility index (Phi) is 4.36. The number of hydrogen-bond acceptors (Lipinski definition) is 8. The number of hydrazone groups is 1. The molecule has 0 bridgehead atoms. The molecule has 1 heterocycles. The first kappa shape index (κ1) is 15.0. The molecule has 2 rings (SSSR count). The molecule has 0 unspecified atom stereocenters. The van der Waals surface area contributed by atoms with Gasteiger partial charge in [-0.25, -0.2) is 5.43 Å². The monoisotopic (exact) mass is 305 g/mol. The highest BCUT2D eigenvalue weighted by Gasteiger charge is 2.19. The average Bonchev–Trinajstić information content (AvgIpc) is 2.91. The molecule has 11 heteroatoms. The molecule has 0 spiro atoms. The summed E-state index contributed by atoms with van der Waals surface area (Å²) in [6.07, 6.45) is 1.34. The van der Waals surface area contributed by atoms with Crippen LogP contribution < -0.4 is 5.43 Å². The van der Waals surface area contributed by atoms with E-state index in [1.54, 1.807) is 13.0 Å². The van der Waals surface area contributed by atoms with Crippen molar-refractivity contribution in [1.29, 1.82) is 0 Å². The Labute approximate surface area is 123 Å². The van der Waals surface area contributed by atoms with Crippen LogP contribution in [0.5, 0.6) is 0 Å². The van der Waals surface area contributed by atoms with Gasteiger partial charge in [0, 0.05) is 22.8 Å². The number of nitro benzene ring substituents is 1. The van der Waals surface area contributed by atoms with Crippen molar-refractivity contribution in [2.45, 2.75) is 13.5 Å². The summed E-state index contributed by atoms with van der Waals surface area (Å²) in [5, 5.41) is 28.8. The molecular weight excluding hydrogens is 294 g/mol. The normalized spacial score (nSPS) is 10.8. The van der Waals surface area contributed by atoms with Crippen molar-refractivity contribution in [3.05, 3.63) is 50.1 Å². The lowest BCUT2D eigenvalue weighted by Crippen LogP contribution is -2.03. The Hall–Kier alpha value is -3.37. The van der Waals surface area contributed by atoms with Crippen molar-refractivity contribution in [1.82, 2.24) is 14.8 Å². The Bertz CT molecular complexity index is 740. The zero-order chi connectivity index (χ0) is 16.1. The number of aromatic nitrogens is 3. The van der Waals surface area contributed by atoms with Gasteiger partial charge in [0.25, 0.3) is 5.69 Å². The topological polar surface area (TPSA) is 141 Å². The van der Waals surface area contributed by atoms with Crippen LogP contribution in [0.4, 0.5) is 17.6 Å². The number of non-ortho nitro benzene ring substituents is 1. The first-order valence-electron chi connectivity index (χ1n) is 6.14. The van der Waals surface area contributed by atoms with E-state index in [4.69, 9.17) is 0 Å². The van der Waals surface area contributed by atoms with E-state index in [1.165, 1.54) is 29.1 Å². The molecule has 0 aliphatic carbocycles. The summed E-state index contributed by atoms with van der Waals surface area (Å²) in [5.41, 5.74) is 2.96. The van der Waals surface area contributed by atoms with Gasteiger partial charge in [0.15, 0.2) is 0 Å². The molecule has 11 nitrogen and oxygen atoms in total. The van der Waals surface area contributed by atoms with Crippen molar-refractivity contribution in [3.8, 4) is 0 Å². The fraction of sp³-hybridized carbons (Fsp3) is 0.182. The summed E-state index contributed by atoms with van der Waals surface area (Å²) in [4.78, 5) is 23.7. The molecule has 0 saturated carbocycles. The molecule has 0 amide bonds. The zero-order valence-electron chi connectivity index (χ0n) is 11.4. The Morgan fingerprint density at radius 1 is 1.36 bits per heavy atom. The number of benzene rings is 1. The van der Waals surface area contributed by atoms with Crippen molar-refractivity contribution in [2.24, 2.45) is 5.10 Å². The summed E-state index contributed by atoms with van der Waals surface area (Å²) in [6, 6.07) is 5.87. The maximum atomic E-state index is 10.7. The molecule has 1 aromatic heterocycles. The average molecular weight is 305 g/mol. The predicted molar refractivity (Wildman–Crippen MR) is 76.7 cm³/mol. The smallest absolute Gasteiger partial charge is 0.390 e. The highest BCUT2D eigenvalue weighted by molar-refractivity contribution is 5.81. The third-order valence-corrected chi connectivity index (χ3v) is 2.58. The van der Waals surface area contributed by atoms with Gasteiger partial charge >= 0.3 is 11.9 Å². The summed E-state index contributed by atoms with van der Waals surface area (Å²) in [7, 11) is 0. The van der Waals surface area contributed by atoms with E-state index in [-0.39, 0.29) is 11.6 Å². The zero-order valence-corrected chi connectivity index (χ0v) is 11.4. The highest BCUT2D eigenvalue weighted by atomic mass is 16.6. The minimum Gasteiger partial charge on any atom is -0.390 e. The van der Waals surface area contributed by atoms with Crippen LogP contribution in [0.3, 0.4) is 0 Å². The van der Waals surface area contributed by atoms with Gasteiger partial charge in [0.05, 0.1) is 17.7 Å². The summed E-state index contributed by atoms with van der Waals surface area (Å²) < 4.78 is 1.28. The van der Waals surface area contributed by atoms with E-state index in [9.17, 15) is 20.2 Å². The molecule has 2 aromatic rings. The van der Waals surface area contributed by atoms with Crippen LogP contribution in [0.2, 0.25) is 0 Å². The maximum absolute atomic E-state index is 10.7.